The zero-order valence-corrected chi connectivity index (χ0v) is 12.9. The van der Waals surface area contributed by atoms with E-state index >= 15 is 0 Å². The van der Waals surface area contributed by atoms with Crippen LogP contribution in [0.25, 0.3) is 0 Å². The van der Waals surface area contributed by atoms with Crippen LogP contribution >= 0.6 is 0 Å². The van der Waals surface area contributed by atoms with Gasteiger partial charge >= 0.3 is 0 Å². The highest BCUT2D eigenvalue weighted by atomic mass is 16.5. The number of nitrogens with one attached hydrogen (secondary N) is 1. The van der Waals surface area contributed by atoms with E-state index in [9.17, 15) is 5.11 Å². The van der Waals surface area contributed by atoms with Crippen molar-refractivity contribution in [2.75, 3.05) is 26.4 Å². The second kappa shape index (κ2) is 8.20. The summed E-state index contributed by atoms with van der Waals surface area (Å²) in [7, 11) is 0. The molecule has 1 aliphatic rings. The molecule has 0 amide bonds. The molecule has 114 valence electrons. The van der Waals surface area contributed by atoms with Gasteiger partial charge in [0.2, 0.25) is 0 Å². The predicted molar refractivity (Wildman–Crippen MR) is 77.3 cm³/mol. The normalized spacial score (nSPS) is 27.5. The quantitative estimate of drug-likeness (QED) is 0.710. The largest absolute Gasteiger partial charge is 0.389 e. The fourth-order valence-electron chi connectivity index (χ4n) is 2.50. The molecule has 19 heavy (non-hydrogen) atoms. The Bertz CT molecular complexity index is 240. The van der Waals surface area contributed by atoms with Crippen LogP contribution in [0.4, 0.5) is 0 Å². The van der Waals surface area contributed by atoms with E-state index in [4.69, 9.17) is 9.47 Å². The Kier molecular flexibility index (Phi) is 7.29. The predicted octanol–water partition coefficient (Wildman–Crippen LogP) is 1.96. The standard InChI is InChI=1S/C15H31NO3/c1-12(2)8-13(3)19-10-14(17)9-16-15(4)6-5-7-18-11-15/h12-14,16-17H,5-11H2,1-4H3. The second-order valence-electron chi connectivity index (χ2n) is 6.53. The number of hydrogen-bond acceptors (Lipinski definition) is 4. The van der Waals surface area contributed by atoms with Crippen molar-refractivity contribution in [1.29, 1.82) is 0 Å². The number of rotatable bonds is 8. The molecule has 2 N–H and O–H groups in total. The van der Waals surface area contributed by atoms with Crippen LogP contribution in [0.15, 0.2) is 0 Å². The van der Waals surface area contributed by atoms with E-state index < -0.39 is 6.10 Å². The molecule has 0 bridgehead atoms. The zero-order valence-electron chi connectivity index (χ0n) is 12.9. The first-order valence-electron chi connectivity index (χ1n) is 7.54. The van der Waals surface area contributed by atoms with Gasteiger partial charge in [-0.3, -0.25) is 0 Å². The summed E-state index contributed by atoms with van der Waals surface area (Å²) in [4.78, 5) is 0. The minimum absolute atomic E-state index is 0.00276. The third kappa shape index (κ3) is 7.25. The smallest absolute Gasteiger partial charge is 0.0898 e. The van der Waals surface area contributed by atoms with Crippen molar-refractivity contribution >= 4 is 0 Å². The van der Waals surface area contributed by atoms with Crippen LogP contribution < -0.4 is 5.32 Å². The van der Waals surface area contributed by atoms with Gasteiger partial charge in [0.15, 0.2) is 0 Å². The Morgan fingerprint density at radius 3 is 2.68 bits per heavy atom. The Morgan fingerprint density at radius 1 is 1.37 bits per heavy atom. The van der Waals surface area contributed by atoms with Gasteiger partial charge in [-0.05, 0) is 39.0 Å². The van der Waals surface area contributed by atoms with Gasteiger partial charge < -0.3 is 19.9 Å². The first-order valence-corrected chi connectivity index (χ1v) is 7.54. The summed E-state index contributed by atoms with van der Waals surface area (Å²) in [5, 5.41) is 13.4. The number of aliphatic hydroxyl groups is 1. The van der Waals surface area contributed by atoms with Crippen LogP contribution in [0.3, 0.4) is 0 Å². The molecular formula is C15H31NO3. The average Bonchev–Trinajstić information content (AvgIpc) is 2.34. The molecular weight excluding hydrogens is 242 g/mol. The van der Waals surface area contributed by atoms with Gasteiger partial charge in [0.25, 0.3) is 0 Å². The monoisotopic (exact) mass is 273 g/mol. The van der Waals surface area contributed by atoms with Crippen molar-refractivity contribution in [3.05, 3.63) is 0 Å². The van der Waals surface area contributed by atoms with Crippen molar-refractivity contribution in [3.8, 4) is 0 Å². The summed E-state index contributed by atoms with van der Waals surface area (Å²) in [6.45, 7) is 11.1. The van der Waals surface area contributed by atoms with E-state index in [2.05, 4.69) is 33.0 Å². The van der Waals surface area contributed by atoms with Crippen LogP contribution in [-0.4, -0.2) is 49.2 Å². The van der Waals surface area contributed by atoms with E-state index in [0.29, 0.717) is 19.1 Å². The fourth-order valence-corrected chi connectivity index (χ4v) is 2.50. The number of hydrogen-bond donors (Lipinski definition) is 2. The topological polar surface area (TPSA) is 50.7 Å². The van der Waals surface area contributed by atoms with Crippen LogP contribution in [0.1, 0.15) is 47.0 Å². The van der Waals surface area contributed by atoms with Crippen LogP contribution in [0.2, 0.25) is 0 Å². The summed E-state index contributed by atoms with van der Waals surface area (Å²) in [6, 6.07) is 0. The maximum atomic E-state index is 9.95. The average molecular weight is 273 g/mol. The highest BCUT2D eigenvalue weighted by molar-refractivity contribution is 4.86. The maximum absolute atomic E-state index is 9.95. The molecule has 1 fully saturated rings. The molecule has 4 nitrogen and oxygen atoms in total. The molecule has 1 rings (SSSR count). The Labute approximate surface area is 117 Å². The molecule has 0 radical (unpaired) electrons. The van der Waals surface area contributed by atoms with Gasteiger partial charge in [-0.25, -0.2) is 0 Å². The minimum Gasteiger partial charge on any atom is -0.389 e. The molecule has 1 aliphatic heterocycles. The van der Waals surface area contributed by atoms with Crippen molar-refractivity contribution in [2.45, 2.75) is 64.7 Å². The van der Waals surface area contributed by atoms with Crippen molar-refractivity contribution in [1.82, 2.24) is 5.32 Å². The zero-order chi connectivity index (χ0) is 14.3. The molecule has 0 aromatic carbocycles. The van der Waals surface area contributed by atoms with Crippen molar-refractivity contribution < 1.29 is 14.6 Å². The summed E-state index contributed by atoms with van der Waals surface area (Å²) < 4.78 is 11.2. The summed E-state index contributed by atoms with van der Waals surface area (Å²) in [6.07, 6.45) is 2.98. The molecule has 0 saturated carbocycles. The van der Waals surface area contributed by atoms with E-state index in [1.54, 1.807) is 0 Å². The third-order valence-electron chi connectivity index (χ3n) is 3.58. The molecule has 4 heteroatoms. The Balaban J connectivity index is 2.15. The molecule has 0 aliphatic carbocycles. The third-order valence-corrected chi connectivity index (χ3v) is 3.58. The highest BCUT2D eigenvalue weighted by Gasteiger charge is 2.27. The highest BCUT2D eigenvalue weighted by Crippen LogP contribution is 2.18. The molecule has 3 unspecified atom stereocenters. The lowest BCUT2D eigenvalue weighted by atomic mass is 9.95. The fraction of sp³-hybridized carbons (Fsp3) is 1.00. The van der Waals surface area contributed by atoms with Crippen LogP contribution in [-0.2, 0) is 9.47 Å². The number of aliphatic hydroxyl groups excluding tert-OH is 1. The maximum Gasteiger partial charge on any atom is 0.0898 e. The van der Waals surface area contributed by atoms with Gasteiger partial charge in [-0.1, -0.05) is 13.8 Å². The van der Waals surface area contributed by atoms with Gasteiger partial charge in [0.1, 0.15) is 0 Å². The SMILES string of the molecule is CC(C)CC(C)OCC(O)CNC1(C)CCCOC1. The minimum atomic E-state index is -0.451. The number of ether oxygens (including phenoxy) is 2. The van der Waals surface area contributed by atoms with Crippen LogP contribution in [0, 0.1) is 5.92 Å². The van der Waals surface area contributed by atoms with Gasteiger partial charge in [-0.2, -0.15) is 0 Å². The molecule has 3 atom stereocenters. The summed E-state index contributed by atoms with van der Waals surface area (Å²) in [5.74, 6) is 0.628. The van der Waals surface area contributed by atoms with E-state index in [1.165, 1.54) is 0 Å². The van der Waals surface area contributed by atoms with Crippen molar-refractivity contribution in [3.63, 3.8) is 0 Å². The van der Waals surface area contributed by atoms with Gasteiger partial charge in [-0.15, -0.1) is 0 Å². The number of β-amino-alcohol motifs (C(OH)–C–C–N with tert-alkyl or cyclic N) is 1. The molecule has 0 spiro atoms. The van der Waals surface area contributed by atoms with Crippen molar-refractivity contribution in [2.24, 2.45) is 5.92 Å². The van der Waals surface area contributed by atoms with Gasteiger partial charge in [0.05, 0.1) is 25.4 Å². The van der Waals surface area contributed by atoms with E-state index in [0.717, 1.165) is 32.5 Å². The van der Waals surface area contributed by atoms with Gasteiger partial charge in [0, 0.05) is 18.7 Å². The second-order valence-corrected chi connectivity index (χ2v) is 6.53. The Hall–Kier alpha value is -0.160. The van der Waals surface area contributed by atoms with E-state index in [1.807, 2.05) is 0 Å². The lowest BCUT2D eigenvalue weighted by Gasteiger charge is -2.35. The molecule has 1 heterocycles. The van der Waals surface area contributed by atoms with Crippen LogP contribution in [0.5, 0.6) is 0 Å². The molecule has 1 saturated heterocycles. The lowest BCUT2D eigenvalue weighted by molar-refractivity contribution is -0.0187. The summed E-state index contributed by atoms with van der Waals surface area (Å²) >= 11 is 0. The molecule has 0 aromatic rings. The Morgan fingerprint density at radius 2 is 2.11 bits per heavy atom. The lowest BCUT2D eigenvalue weighted by Crippen LogP contribution is -2.51. The van der Waals surface area contributed by atoms with E-state index in [-0.39, 0.29) is 11.6 Å². The summed E-state index contributed by atoms with van der Waals surface area (Å²) in [5.41, 5.74) is 0.00276. The first kappa shape index (κ1) is 16.9. The molecule has 0 aromatic heterocycles. The first-order chi connectivity index (χ1) is 8.91.